The van der Waals surface area contributed by atoms with Crippen LogP contribution in [0.4, 0.5) is 18.9 Å². The quantitative estimate of drug-likeness (QED) is 0.604. The lowest BCUT2D eigenvalue weighted by Crippen LogP contribution is -2.53. The van der Waals surface area contributed by atoms with Crippen LogP contribution in [0.1, 0.15) is 49.3 Å². The van der Waals surface area contributed by atoms with Gasteiger partial charge in [0.05, 0.1) is 23.3 Å². The second-order valence-electron chi connectivity index (χ2n) is 9.52. The fraction of sp³-hybridized carbons (Fsp3) is 0.357. The molecule has 1 N–H and O–H groups in total. The lowest BCUT2D eigenvalue weighted by Gasteiger charge is -2.42. The average Bonchev–Trinajstić information content (AvgIpc) is 2.88. The highest BCUT2D eigenvalue weighted by molar-refractivity contribution is 6.15. The van der Waals surface area contributed by atoms with E-state index in [9.17, 15) is 37.9 Å². The Balaban J connectivity index is 1.91. The molecule has 10 heteroatoms. The summed E-state index contributed by atoms with van der Waals surface area (Å²) in [6.07, 6.45) is -4.60. The Morgan fingerprint density at radius 2 is 1.71 bits per heavy atom. The fourth-order valence-corrected chi connectivity index (χ4v) is 5.23. The van der Waals surface area contributed by atoms with Gasteiger partial charge in [-0.05, 0) is 62.6 Å². The van der Waals surface area contributed by atoms with Crippen LogP contribution in [0.15, 0.2) is 59.8 Å². The van der Waals surface area contributed by atoms with Crippen molar-refractivity contribution in [2.45, 2.75) is 44.9 Å². The van der Waals surface area contributed by atoms with Crippen molar-refractivity contribution >= 4 is 23.3 Å². The smallest absolute Gasteiger partial charge is 0.393 e. The molecule has 198 valence electrons. The minimum absolute atomic E-state index is 0.105. The van der Waals surface area contributed by atoms with Gasteiger partial charge in [0.25, 0.3) is 0 Å². The number of hydrogen-bond donors (Lipinski definition) is 1. The number of ketones is 1. The van der Waals surface area contributed by atoms with E-state index in [1.165, 1.54) is 43.0 Å². The molecular weight excluding hydrogens is 499 g/mol. The molecule has 0 aromatic heterocycles. The summed E-state index contributed by atoms with van der Waals surface area (Å²) in [5, 5.41) is 19.1. The zero-order valence-electron chi connectivity index (χ0n) is 20.8. The largest absolute Gasteiger partial charge is 0.416 e. The van der Waals surface area contributed by atoms with Gasteiger partial charge in [0.15, 0.2) is 5.78 Å². The molecule has 0 radical (unpaired) electrons. The third kappa shape index (κ3) is 5.07. The van der Waals surface area contributed by atoms with Crippen molar-refractivity contribution in [3.8, 4) is 6.07 Å². The third-order valence-corrected chi connectivity index (χ3v) is 7.11. The predicted molar refractivity (Wildman–Crippen MR) is 132 cm³/mol. The van der Waals surface area contributed by atoms with E-state index >= 15 is 0 Å². The number of nitriles is 1. The summed E-state index contributed by atoms with van der Waals surface area (Å²) in [6, 6.07) is 12.4. The van der Waals surface area contributed by atoms with E-state index in [0.717, 1.165) is 17.0 Å². The van der Waals surface area contributed by atoms with E-state index in [2.05, 4.69) is 0 Å². The molecule has 2 aliphatic rings. The van der Waals surface area contributed by atoms with Crippen LogP contribution in [-0.2, 0) is 20.6 Å². The molecular formula is C28H26F3N3O4. The number of anilines is 1. The minimum Gasteiger partial charge on any atom is -0.393 e. The predicted octanol–water partition coefficient (Wildman–Crippen LogP) is 4.17. The Morgan fingerprint density at radius 1 is 1.08 bits per heavy atom. The monoisotopic (exact) mass is 525 g/mol. The molecule has 4 rings (SSSR count). The normalized spacial score (nSPS) is 20.9. The Labute approximate surface area is 217 Å². The summed E-state index contributed by atoms with van der Waals surface area (Å²) < 4.78 is 40.5. The summed E-state index contributed by atoms with van der Waals surface area (Å²) in [7, 11) is 0. The topological polar surface area (TPSA) is 102 Å². The van der Waals surface area contributed by atoms with Gasteiger partial charge < -0.3 is 10.0 Å². The maximum absolute atomic E-state index is 14.1. The number of hydrogen-bond acceptors (Lipinski definition) is 5. The van der Waals surface area contributed by atoms with Crippen molar-refractivity contribution in [2.24, 2.45) is 5.92 Å². The Kier molecular flexibility index (Phi) is 7.42. The summed E-state index contributed by atoms with van der Waals surface area (Å²) >= 11 is 0. The number of benzene rings is 2. The Hall–Kier alpha value is -3.97. The van der Waals surface area contributed by atoms with Gasteiger partial charge in [0.2, 0.25) is 11.8 Å². The van der Waals surface area contributed by atoms with Crippen molar-refractivity contribution in [2.75, 3.05) is 18.0 Å². The number of rotatable bonds is 4. The number of carbonyl (C=O) groups excluding carboxylic acids is 3. The van der Waals surface area contributed by atoms with Crippen LogP contribution in [0.3, 0.4) is 0 Å². The Bertz CT molecular complexity index is 1340. The van der Waals surface area contributed by atoms with Crippen molar-refractivity contribution in [1.29, 1.82) is 5.26 Å². The zero-order valence-corrected chi connectivity index (χ0v) is 20.8. The number of alkyl halides is 3. The number of aliphatic hydroxyl groups excluding tert-OH is 1. The molecule has 2 aromatic rings. The number of likely N-dealkylation sites (tertiary alicyclic amines) is 1. The first kappa shape index (κ1) is 27.1. The Morgan fingerprint density at radius 3 is 2.26 bits per heavy atom. The van der Waals surface area contributed by atoms with Crippen LogP contribution >= 0.6 is 0 Å². The van der Waals surface area contributed by atoms with Gasteiger partial charge in [-0.25, -0.2) is 0 Å². The zero-order chi connectivity index (χ0) is 27.8. The number of amides is 2. The molecule has 0 saturated carbocycles. The van der Waals surface area contributed by atoms with E-state index < -0.39 is 47.3 Å². The van der Waals surface area contributed by atoms with Gasteiger partial charge in [0.1, 0.15) is 5.92 Å². The van der Waals surface area contributed by atoms with Crippen LogP contribution in [-0.4, -0.2) is 46.8 Å². The molecule has 1 saturated heterocycles. The van der Waals surface area contributed by atoms with Gasteiger partial charge in [-0.1, -0.05) is 18.2 Å². The number of aliphatic hydroxyl groups is 1. The lowest BCUT2D eigenvalue weighted by molar-refractivity contribution is -0.144. The van der Waals surface area contributed by atoms with Crippen molar-refractivity contribution in [3.63, 3.8) is 0 Å². The number of Topliss-reactive ketones (excluding diaryl/α,β-unsaturated/α-hetero) is 1. The van der Waals surface area contributed by atoms with Crippen molar-refractivity contribution in [1.82, 2.24) is 4.90 Å². The molecule has 2 heterocycles. The summed E-state index contributed by atoms with van der Waals surface area (Å²) in [6.45, 7) is 3.16. The number of nitrogens with zero attached hydrogens (tertiary/aromatic N) is 3. The number of halogens is 3. The molecule has 0 aliphatic carbocycles. The van der Waals surface area contributed by atoms with E-state index in [0.29, 0.717) is 24.0 Å². The number of carbonyl (C=O) groups is 3. The first-order chi connectivity index (χ1) is 17.9. The van der Waals surface area contributed by atoms with Crippen LogP contribution in [0, 0.1) is 17.2 Å². The highest BCUT2D eigenvalue weighted by Gasteiger charge is 2.49. The van der Waals surface area contributed by atoms with E-state index in [-0.39, 0.29) is 30.0 Å². The average molecular weight is 526 g/mol. The summed E-state index contributed by atoms with van der Waals surface area (Å²) in [5.41, 5.74) is -0.00912. The molecule has 0 spiro atoms. The first-order valence-corrected chi connectivity index (χ1v) is 12.1. The van der Waals surface area contributed by atoms with Crippen LogP contribution in [0.25, 0.3) is 0 Å². The second kappa shape index (κ2) is 10.4. The van der Waals surface area contributed by atoms with Gasteiger partial charge in [0, 0.05) is 36.0 Å². The number of allylic oxidation sites excluding steroid dienone is 2. The van der Waals surface area contributed by atoms with Crippen molar-refractivity contribution < 1.29 is 32.7 Å². The van der Waals surface area contributed by atoms with E-state index in [4.69, 9.17) is 0 Å². The maximum Gasteiger partial charge on any atom is 0.416 e. The SMILES string of the molecule is CC(=O)C1=C(C)N(c2cccc(C(F)(F)F)c2)C(=O)C(C(=O)N2CCC(O)CC2)C1c1ccc(C#N)cc1. The van der Waals surface area contributed by atoms with Gasteiger partial charge >= 0.3 is 6.18 Å². The highest BCUT2D eigenvalue weighted by atomic mass is 19.4. The maximum atomic E-state index is 14.1. The number of piperidine rings is 1. The highest BCUT2D eigenvalue weighted by Crippen LogP contribution is 2.44. The summed E-state index contributed by atoms with van der Waals surface area (Å²) in [4.78, 5) is 43.5. The molecule has 7 nitrogen and oxygen atoms in total. The molecule has 2 unspecified atom stereocenters. The van der Waals surface area contributed by atoms with Crippen molar-refractivity contribution in [3.05, 3.63) is 76.5 Å². The molecule has 1 fully saturated rings. The van der Waals surface area contributed by atoms with E-state index in [1.807, 2.05) is 6.07 Å². The van der Waals surface area contributed by atoms with Gasteiger partial charge in [-0.2, -0.15) is 18.4 Å². The molecule has 2 atom stereocenters. The standard InChI is InChI=1S/C28H26F3N3O4/c1-16-23(17(2)35)24(19-8-6-18(15-32)7-9-19)25(26(37)33-12-10-22(36)11-13-33)27(38)34(16)21-5-3-4-20(14-21)28(29,30)31/h3-9,14,22,24-25,36H,10-13H2,1-2H3. The molecule has 38 heavy (non-hydrogen) atoms. The second-order valence-corrected chi connectivity index (χ2v) is 9.52. The van der Waals surface area contributed by atoms with Crippen LogP contribution in [0.5, 0.6) is 0 Å². The fourth-order valence-electron chi connectivity index (χ4n) is 5.23. The minimum atomic E-state index is -4.66. The third-order valence-electron chi connectivity index (χ3n) is 7.11. The molecule has 2 amide bonds. The first-order valence-electron chi connectivity index (χ1n) is 12.1. The van der Waals surface area contributed by atoms with Crippen LogP contribution in [0.2, 0.25) is 0 Å². The molecule has 0 bridgehead atoms. The van der Waals surface area contributed by atoms with Gasteiger partial charge in [-0.15, -0.1) is 0 Å². The molecule has 2 aromatic carbocycles. The lowest BCUT2D eigenvalue weighted by atomic mass is 9.73. The van der Waals surface area contributed by atoms with Gasteiger partial charge in [-0.3, -0.25) is 19.3 Å². The van der Waals surface area contributed by atoms with E-state index in [1.54, 1.807) is 12.1 Å². The summed E-state index contributed by atoms with van der Waals surface area (Å²) in [5.74, 6) is -4.20. The molecule has 2 aliphatic heterocycles. The van der Waals surface area contributed by atoms with Crippen LogP contribution < -0.4 is 4.90 Å².